The number of rotatable bonds is 8. The Hall–Kier alpha value is -1.35. The molecule has 0 saturated heterocycles. The smallest absolute Gasteiger partial charge is 0.224 e. The fraction of sp³-hybridized carbons (Fsp3) is 0.588. The van der Waals surface area contributed by atoms with Crippen molar-refractivity contribution >= 4 is 11.6 Å². The van der Waals surface area contributed by atoms with E-state index in [4.69, 9.17) is 0 Å². The topological polar surface area (TPSA) is 41.1 Å². The van der Waals surface area contributed by atoms with Crippen LogP contribution in [0.4, 0.5) is 5.69 Å². The van der Waals surface area contributed by atoms with Crippen molar-refractivity contribution in [1.29, 1.82) is 0 Å². The molecular weight excluding hydrogens is 248 g/mol. The lowest BCUT2D eigenvalue weighted by atomic mass is 10.1. The van der Waals surface area contributed by atoms with Gasteiger partial charge in [0.15, 0.2) is 0 Å². The fourth-order valence-corrected chi connectivity index (χ4v) is 1.97. The molecule has 0 aliphatic heterocycles. The second-order valence-electron chi connectivity index (χ2n) is 6.21. The molecule has 3 nitrogen and oxygen atoms in total. The standard InChI is InChI=1S/C17H28N2O/c1-13(2)8-9-18-12-15-6-5-7-16(11-15)19-17(20)10-14(3)4/h5-7,11,13-14,18H,8-10,12H2,1-4H3,(H,19,20). The Bertz CT molecular complexity index is 413. The van der Waals surface area contributed by atoms with Crippen LogP contribution in [0, 0.1) is 11.8 Å². The van der Waals surface area contributed by atoms with Gasteiger partial charge in [0, 0.05) is 18.7 Å². The molecule has 20 heavy (non-hydrogen) atoms. The third-order valence-electron chi connectivity index (χ3n) is 3.03. The highest BCUT2D eigenvalue weighted by Gasteiger charge is 2.05. The molecule has 3 heteroatoms. The molecule has 0 aromatic heterocycles. The number of benzene rings is 1. The maximum absolute atomic E-state index is 11.7. The zero-order valence-electron chi connectivity index (χ0n) is 13.2. The van der Waals surface area contributed by atoms with Crippen molar-refractivity contribution in [2.45, 2.75) is 47.1 Å². The van der Waals surface area contributed by atoms with Crippen LogP contribution >= 0.6 is 0 Å². The van der Waals surface area contributed by atoms with E-state index in [0.29, 0.717) is 12.3 Å². The molecule has 0 bridgehead atoms. The van der Waals surface area contributed by atoms with Crippen molar-refractivity contribution in [2.24, 2.45) is 11.8 Å². The Morgan fingerprint density at radius 1 is 1.15 bits per heavy atom. The van der Waals surface area contributed by atoms with Crippen LogP contribution in [0.3, 0.4) is 0 Å². The van der Waals surface area contributed by atoms with Crippen molar-refractivity contribution in [1.82, 2.24) is 5.32 Å². The number of hydrogen-bond acceptors (Lipinski definition) is 2. The van der Waals surface area contributed by atoms with Gasteiger partial charge in [-0.15, -0.1) is 0 Å². The van der Waals surface area contributed by atoms with Crippen LogP contribution in [0.5, 0.6) is 0 Å². The van der Waals surface area contributed by atoms with Crippen molar-refractivity contribution < 1.29 is 4.79 Å². The maximum atomic E-state index is 11.7. The normalized spacial score (nSPS) is 11.1. The Morgan fingerprint density at radius 2 is 1.90 bits per heavy atom. The summed E-state index contributed by atoms with van der Waals surface area (Å²) in [7, 11) is 0. The van der Waals surface area contributed by atoms with Gasteiger partial charge in [-0.1, -0.05) is 39.8 Å². The molecule has 0 unspecified atom stereocenters. The van der Waals surface area contributed by atoms with E-state index in [9.17, 15) is 4.79 Å². The highest BCUT2D eigenvalue weighted by Crippen LogP contribution is 2.12. The second-order valence-corrected chi connectivity index (χ2v) is 6.21. The van der Waals surface area contributed by atoms with Gasteiger partial charge in [-0.2, -0.15) is 0 Å². The SMILES string of the molecule is CC(C)CCNCc1cccc(NC(=O)CC(C)C)c1. The summed E-state index contributed by atoms with van der Waals surface area (Å²) in [6.07, 6.45) is 1.75. The molecule has 2 N–H and O–H groups in total. The van der Waals surface area contributed by atoms with Crippen LogP contribution in [-0.4, -0.2) is 12.5 Å². The monoisotopic (exact) mass is 276 g/mol. The molecule has 0 aliphatic carbocycles. The highest BCUT2D eigenvalue weighted by molar-refractivity contribution is 5.90. The Labute approximate surface area is 123 Å². The minimum Gasteiger partial charge on any atom is -0.326 e. The molecule has 0 atom stereocenters. The molecule has 1 aromatic carbocycles. The number of amides is 1. The summed E-state index contributed by atoms with van der Waals surface area (Å²) >= 11 is 0. The highest BCUT2D eigenvalue weighted by atomic mass is 16.1. The maximum Gasteiger partial charge on any atom is 0.224 e. The van der Waals surface area contributed by atoms with Crippen molar-refractivity contribution in [3.63, 3.8) is 0 Å². The van der Waals surface area contributed by atoms with Crippen LogP contribution in [-0.2, 0) is 11.3 Å². The van der Waals surface area contributed by atoms with Crippen LogP contribution < -0.4 is 10.6 Å². The summed E-state index contributed by atoms with van der Waals surface area (Å²) in [6, 6.07) is 8.06. The lowest BCUT2D eigenvalue weighted by molar-refractivity contribution is -0.116. The average Bonchev–Trinajstić information content (AvgIpc) is 2.33. The molecule has 0 aliphatic rings. The van der Waals surface area contributed by atoms with Gasteiger partial charge in [0.05, 0.1) is 0 Å². The molecule has 1 rings (SSSR count). The molecule has 0 fully saturated rings. The number of carbonyl (C=O) groups excluding carboxylic acids is 1. The summed E-state index contributed by atoms with van der Waals surface area (Å²) in [6.45, 7) is 10.4. The van der Waals surface area contributed by atoms with Gasteiger partial charge in [-0.3, -0.25) is 4.79 Å². The Morgan fingerprint density at radius 3 is 2.55 bits per heavy atom. The Kier molecular flexibility index (Phi) is 7.31. The largest absolute Gasteiger partial charge is 0.326 e. The first kappa shape index (κ1) is 16.7. The second kappa shape index (κ2) is 8.75. The van der Waals surface area contributed by atoms with Gasteiger partial charge < -0.3 is 10.6 Å². The summed E-state index contributed by atoms with van der Waals surface area (Å²) in [5.74, 6) is 1.20. The van der Waals surface area contributed by atoms with Gasteiger partial charge in [-0.25, -0.2) is 0 Å². The van der Waals surface area contributed by atoms with Crippen LogP contribution in [0.2, 0.25) is 0 Å². The molecule has 0 heterocycles. The number of carbonyl (C=O) groups is 1. The van der Waals surface area contributed by atoms with Crippen molar-refractivity contribution in [3.8, 4) is 0 Å². The summed E-state index contributed by atoms with van der Waals surface area (Å²) in [5.41, 5.74) is 2.09. The summed E-state index contributed by atoms with van der Waals surface area (Å²) < 4.78 is 0. The minimum absolute atomic E-state index is 0.0879. The quantitative estimate of drug-likeness (QED) is 0.709. The van der Waals surface area contributed by atoms with E-state index in [1.165, 1.54) is 12.0 Å². The number of anilines is 1. The van der Waals surface area contributed by atoms with E-state index >= 15 is 0 Å². The lowest BCUT2D eigenvalue weighted by Gasteiger charge is -2.10. The van der Waals surface area contributed by atoms with Crippen molar-refractivity contribution in [2.75, 3.05) is 11.9 Å². The van der Waals surface area contributed by atoms with Crippen LogP contribution in [0.15, 0.2) is 24.3 Å². The van der Waals surface area contributed by atoms with E-state index in [1.807, 2.05) is 18.2 Å². The molecule has 1 aromatic rings. The Balaban J connectivity index is 2.43. The predicted molar refractivity (Wildman–Crippen MR) is 85.7 cm³/mol. The first-order valence-corrected chi connectivity index (χ1v) is 7.57. The molecular formula is C17H28N2O. The third kappa shape index (κ3) is 7.29. The molecule has 0 spiro atoms. The zero-order valence-corrected chi connectivity index (χ0v) is 13.2. The lowest BCUT2D eigenvalue weighted by Crippen LogP contribution is -2.17. The summed E-state index contributed by atoms with van der Waals surface area (Å²) in [4.78, 5) is 11.7. The predicted octanol–water partition coefficient (Wildman–Crippen LogP) is 3.81. The molecule has 112 valence electrons. The van der Waals surface area contributed by atoms with E-state index in [2.05, 4.69) is 44.4 Å². The van der Waals surface area contributed by atoms with E-state index in [0.717, 1.165) is 24.7 Å². The van der Waals surface area contributed by atoms with Crippen LogP contribution in [0.1, 0.15) is 46.1 Å². The molecule has 0 radical (unpaired) electrons. The first-order valence-electron chi connectivity index (χ1n) is 7.57. The third-order valence-corrected chi connectivity index (χ3v) is 3.03. The van der Waals surface area contributed by atoms with Gasteiger partial charge >= 0.3 is 0 Å². The van der Waals surface area contributed by atoms with Gasteiger partial charge in [-0.05, 0) is 42.5 Å². The van der Waals surface area contributed by atoms with E-state index in [1.54, 1.807) is 0 Å². The number of hydrogen-bond donors (Lipinski definition) is 2. The van der Waals surface area contributed by atoms with Gasteiger partial charge in [0.25, 0.3) is 0 Å². The fourth-order valence-electron chi connectivity index (χ4n) is 1.97. The van der Waals surface area contributed by atoms with Gasteiger partial charge in [0.2, 0.25) is 5.91 Å². The van der Waals surface area contributed by atoms with Crippen LogP contribution in [0.25, 0.3) is 0 Å². The van der Waals surface area contributed by atoms with E-state index in [-0.39, 0.29) is 5.91 Å². The summed E-state index contributed by atoms with van der Waals surface area (Å²) in [5, 5.41) is 6.39. The first-order chi connectivity index (χ1) is 9.47. The van der Waals surface area contributed by atoms with Crippen molar-refractivity contribution in [3.05, 3.63) is 29.8 Å². The molecule has 0 saturated carbocycles. The van der Waals surface area contributed by atoms with Gasteiger partial charge in [0.1, 0.15) is 0 Å². The number of nitrogens with one attached hydrogen (secondary N) is 2. The van der Waals surface area contributed by atoms with E-state index < -0.39 is 0 Å². The minimum atomic E-state index is 0.0879. The zero-order chi connectivity index (χ0) is 15.0. The average molecular weight is 276 g/mol. The molecule has 1 amide bonds.